The number of amides is 1. The topological polar surface area (TPSA) is 86.1 Å². The first-order chi connectivity index (χ1) is 15.1. The van der Waals surface area contributed by atoms with Gasteiger partial charge in [0.1, 0.15) is 5.56 Å². The second-order valence-electron chi connectivity index (χ2n) is 7.49. The molecule has 32 heavy (non-hydrogen) atoms. The maximum absolute atomic E-state index is 13.8. The van der Waals surface area contributed by atoms with Crippen molar-refractivity contribution in [2.45, 2.75) is 33.1 Å². The Morgan fingerprint density at radius 2 is 1.94 bits per heavy atom. The van der Waals surface area contributed by atoms with Crippen LogP contribution in [0, 0.1) is 6.92 Å². The Morgan fingerprint density at radius 1 is 1.19 bits per heavy atom. The van der Waals surface area contributed by atoms with Gasteiger partial charge in [0.05, 0.1) is 23.8 Å². The summed E-state index contributed by atoms with van der Waals surface area (Å²) >= 11 is 0. The van der Waals surface area contributed by atoms with Crippen LogP contribution in [0.5, 0.6) is 0 Å². The summed E-state index contributed by atoms with van der Waals surface area (Å²) in [6.07, 6.45) is 1.46. The number of fused-ring (bicyclic) bond motifs is 1. The first kappa shape index (κ1) is 21.5. The molecule has 168 valence electrons. The monoisotopic (exact) mass is 446 g/mol. The van der Waals surface area contributed by atoms with E-state index >= 15 is 0 Å². The van der Waals surface area contributed by atoms with Crippen LogP contribution >= 0.6 is 0 Å². The van der Waals surface area contributed by atoms with Gasteiger partial charge in [-0.25, -0.2) is 9.50 Å². The number of aryl methyl sites for hydroxylation is 3. The summed E-state index contributed by atoms with van der Waals surface area (Å²) in [5, 5.41) is 12.2. The molecule has 12 heteroatoms. The van der Waals surface area contributed by atoms with Gasteiger partial charge in [-0.3, -0.25) is 14.2 Å². The van der Waals surface area contributed by atoms with E-state index < -0.39 is 17.8 Å². The van der Waals surface area contributed by atoms with Gasteiger partial charge in [0.2, 0.25) is 0 Å². The lowest BCUT2D eigenvalue weighted by atomic mass is 10.1. The normalized spacial score (nSPS) is 12.0. The van der Waals surface area contributed by atoms with Gasteiger partial charge in [-0.1, -0.05) is 0 Å². The van der Waals surface area contributed by atoms with Crippen molar-refractivity contribution in [1.29, 1.82) is 0 Å². The molecule has 0 fully saturated rings. The van der Waals surface area contributed by atoms with E-state index in [2.05, 4.69) is 20.3 Å². The molecular formula is C20H21F3N8O. The van der Waals surface area contributed by atoms with Gasteiger partial charge >= 0.3 is 6.18 Å². The first-order valence-corrected chi connectivity index (χ1v) is 9.82. The number of hydrogen-bond donors (Lipinski definition) is 0. The van der Waals surface area contributed by atoms with Crippen LogP contribution in [0.4, 0.5) is 13.2 Å². The Balaban J connectivity index is 1.79. The van der Waals surface area contributed by atoms with E-state index in [-0.39, 0.29) is 23.4 Å². The third-order valence-electron chi connectivity index (χ3n) is 5.06. The van der Waals surface area contributed by atoms with E-state index in [0.29, 0.717) is 22.3 Å². The molecule has 0 spiro atoms. The van der Waals surface area contributed by atoms with Crippen molar-refractivity contribution in [2.24, 2.45) is 7.05 Å². The Bertz CT molecular complexity index is 1300. The zero-order valence-electron chi connectivity index (χ0n) is 17.9. The first-order valence-electron chi connectivity index (χ1n) is 9.82. The maximum atomic E-state index is 13.8. The quantitative estimate of drug-likeness (QED) is 0.471. The zero-order chi connectivity index (χ0) is 23.2. The van der Waals surface area contributed by atoms with E-state index in [9.17, 15) is 18.0 Å². The number of carbonyl (C=O) groups is 1. The predicted octanol–water partition coefficient (Wildman–Crippen LogP) is 2.95. The molecule has 0 N–H and O–H groups in total. The third-order valence-corrected chi connectivity index (χ3v) is 5.06. The molecule has 4 rings (SSSR count). The van der Waals surface area contributed by atoms with Crippen LogP contribution in [0.1, 0.15) is 34.2 Å². The molecule has 9 nitrogen and oxygen atoms in total. The molecule has 0 atom stereocenters. The van der Waals surface area contributed by atoms with Gasteiger partial charge in [0.25, 0.3) is 5.91 Å². The minimum Gasteiger partial charge on any atom is -0.337 e. The highest BCUT2D eigenvalue weighted by Gasteiger charge is 2.36. The number of rotatable bonds is 5. The largest absolute Gasteiger partial charge is 0.433 e. The standard InChI is InChI=1S/C20H21F3N8O/c1-5-30-10-13(7-24-30)9-28(3)19(32)14-8-25-31-17(20(21,22)23)6-16(26-18(14)31)15-11-29(4)27-12(15)2/h6-8,10-11H,5,9H2,1-4H3. The van der Waals surface area contributed by atoms with Crippen molar-refractivity contribution in [3.8, 4) is 11.3 Å². The Hall–Kier alpha value is -3.70. The summed E-state index contributed by atoms with van der Waals surface area (Å²) in [7, 11) is 3.23. The molecule has 4 heterocycles. The van der Waals surface area contributed by atoms with Crippen LogP contribution in [-0.4, -0.2) is 52.0 Å². The van der Waals surface area contributed by atoms with Gasteiger partial charge in [-0.05, 0) is 19.9 Å². The fraction of sp³-hybridized carbons (Fsp3) is 0.350. The summed E-state index contributed by atoms with van der Waals surface area (Å²) in [5.74, 6) is -0.495. The molecule has 4 aromatic rings. The highest BCUT2D eigenvalue weighted by Crippen LogP contribution is 2.33. The number of aromatic nitrogens is 7. The zero-order valence-corrected chi connectivity index (χ0v) is 17.9. The van der Waals surface area contributed by atoms with Crippen LogP contribution in [0.3, 0.4) is 0 Å². The number of carbonyl (C=O) groups excluding carboxylic acids is 1. The molecule has 0 aliphatic rings. The maximum Gasteiger partial charge on any atom is 0.433 e. The second-order valence-corrected chi connectivity index (χ2v) is 7.49. The molecule has 0 aliphatic heterocycles. The van der Waals surface area contributed by atoms with Crippen molar-refractivity contribution < 1.29 is 18.0 Å². The molecule has 4 aromatic heterocycles. The molecule has 0 aliphatic carbocycles. The lowest BCUT2D eigenvalue weighted by Crippen LogP contribution is -2.26. The lowest BCUT2D eigenvalue weighted by molar-refractivity contribution is -0.142. The number of hydrogen-bond acceptors (Lipinski definition) is 5. The minimum absolute atomic E-state index is 0.0238. The molecule has 1 amide bonds. The Morgan fingerprint density at radius 3 is 2.53 bits per heavy atom. The van der Waals surface area contributed by atoms with Gasteiger partial charge in [0.15, 0.2) is 11.3 Å². The third kappa shape index (κ3) is 3.83. The van der Waals surface area contributed by atoms with Crippen LogP contribution in [0.25, 0.3) is 16.9 Å². The fourth-order valence-corrected chi connectivity index (χ4v) is 3.52. The molecule has 0 bridgehead atoms. The van der Waals surface area contributed by atoms with Gasteiger partial charge in [-0.2, -0.15) is 28.5 Å². The molecule has 0 radical (unpaired) electrons. The van der Waals surface area contributed by atoms with Crippen LogP contribution in [0.2, 0.25) is 0 Å². The fourth-order valence-electron chi connectivity index (χ4n) is 3.52. The summed E-state index contributed by atoms with van der Waals surface area (Å²) in [6, 6.07) is 0.918. The van der Waals surface area contributed by atoms with Gasteiger partial charge in [-0.15, -0.1) is 0 Å². The number of nitrogens with zero attached hydrogens (tertiary/aromatic N) is 8. The molecule has 0 saturated carbocycles. The van der Waals surface area contributed by atoms with Gasteiger partial charge in [0, 0.05) is 50.7 Å². The molecule has 0 unspecified atom stereocenters. The van der Waals surface area contributed by atoms with Crippen molar-refractivity contribution in [2.75, 3.05) is 7.05 Å². The minimum atomic E-state index is -4.70. The predicted molar refractivity (Wildman–Crippen MR) is 109 cm³/mol. The highest BCUT2D eigenvalue weighted by atomic mass is 19.4. The SMILES string of the molecule is CCn1cc(CN(C)C(=O)c2cnn3c(C(F)(F)F)cc(-c4cn(C)nc4C)nc23)cn1. The van der Waals surface area contributed by atoms with Crippen LogP contribution in [0.15, 0.2) is 30.9 Å². The Labute approximate surface area is 181 Å². The average Bonchev–Trinajstić information content (AvgIpc) is 3.43. The molecular weight excluding hydrogens is 425 g/mol. The van der Waals surface area contributed by atoms with E-state index in [1.807, 2.05) is 13.1 Å². The average molecular weight is 446 g/mol. The smallest absolute Gasteiger partial charge is 0.337 e. The van der Waals surface area contributed by atoms with Crippen molar-refractivity contribution in [3.63, 3.8) is 0 Å². The summed E-state index contributed by atoms with van der Waals surface area (Å²) in [5.41, 5.74) is 0.622. The van der Waals surface area contributed by atoms with Crippen LogP contribution < -0.4 is 0 Å². The summed E-state index contributed by atoms with van der Waals surface area (Å²) in [4.78, 5) is 18.8. The van der Waals surface area contributed by atoms with E-state index in [1.165, 1.54) is 9.58 Å². The Kier molecular flexibility index (Phi) is 5.23. The summed E-state index contributed by atoms with van der Waals surface area (Å²) in [6.45, 7) is 4.55. The van der Waals surface area contributed by atoms with Gasteiger partial charge < -0.3 is 4.90 Å². The van der Waals surface area contributed by atoms with E-state index in [1.54, 1.807) is 38.1 Å². The van der Waals surface area contributed by atoms with E-state index in [0.717, 1.165) is 17.8 Å². The lowest BCUT2D eigenvalue weighted by Gasteiger charge is -2.16. The van der Waals surface area contributed by atoms with Crippen molar-refractivity contribution >= 4 is 11.6 Å². The second kappa shape index (κ2) is 7.77. The van der Waals surface area contributed by atoms with Crippen LogP contribution in [-0.2, 0) is 26.3 Å². The number of halogens is 3. The summed E-state index contributed by atoms with van der Waals surface area (Å²) < 4.78 is 45.3. The molecule has 0 aromatic carbocycles. The van der Waals surface area contributed by atoms with E-state index in [4.69, 9.17) is 0 Å². The van der Waals surface area contributed by atoms with Crippen molar-refractivity contribution in [3.05, 3.63) is 53.4 Å². The molecule has 0 saturated heterocycles. The highest BCUT2D eigenvalue weighted by molar-refractivity contribution is 5.99. The number of alkyl halides is 3. The van der Waals surface area contributed by atoms with Crippen molar-refractivity contribution in [1.82, 2.24) is 39.1 Å².